The summed E-state index contributed by atoms with van der Waals surface area (Å²) in [6.45, 7) is 2.12. The van der Waals surface area contributed by atoms with Crippen molar-refractivity contribution in [2.24, 2.45) is 7.05 Å². The second-order valence-corrected chi connectivity index (χ2v) is 4.29. The number of aromatic nitrogens is 2. The van der Waals surface area contributed by atoms with Gasteiger partial charge in [0.05, 0.1) is 0 Å². The van der Waals surface area contributed by atoms with Crippen molar-refractivity contribution < 1.29 is 4.79 Å². The predicted octanol–water partition coefficient (Wildman–Crippen LogP) is 2.63. The highest BCUT2D eigenvalue weighted by molar-refractivity contribution is 6.01. The molecule has 4 nitrogen and oxygen atoms in total. The molecule has 19 heavy (non-hydrogen) atoms. The van der Waals surface area contributed by atoms with Crippen molar-refractivity contribution >= 4 is 17.8 Å². The van der Waals surface area contributed by atoms with E-state index in [4.69, 9.17) is 0 Å². The van der Waals surface area contributed by atoms with Gasteiger partial charge in [0.25, 0.3) is 0 Å². The van der Waals surface area contributed by atoms with E-state index in [0.29, 0.717) is 5.82 Å². The maximum Gasteiger partial charge on any atom is 0.249 e. The lowest BCUT2D eigenvalue weighted by Crippen LogP contribution is -2.08. The Balaban J connectivity index is 1.95. The lowest BCUT2D eigenvalue weighted by Gasteiger charge is -1.98. The summed E-state index contributed by atoms with van der Waals surface area (Å²) in [6, 6.07) is 9.89. The second kappa shape index (κ2) is 6.00. The van der Waals surface area contributed by atoms with E-state index in [0.717, 1.165) is 12.0 Å². The van der Waals surface area contributed by atoms with E-state index >= 15 is 0 Å². The average Bonchev–Trinajstić information content (AvgIpc) is 2.82. The summed E-state index contributed by atoms with van der Waals surface area (Å²) >= 11 is 0. The summed E-state index contributed by atoms with van der Waals surface area (Å²) in [4.78, 5) is 11.7. The first-order valence-electron chi connectivity index (χ1n) is 6.25. The molecule has 1 amide bonds. The summed E-state index contributed by atoms with van der Waals surface area (Å²) in [5.41, 5.74) is 2.29. The van der Waals surface area contributed by atoms with Gasteiger partial charge in [-0.15, -0.1) is 0 Å². The highest BCUT2D eigenvalue weighted by Crippen LogP contribution is 2.07. The third kappa shape index (κ3) is 3.81. The number of hydrogen-bond donors (Lipinski definition) is 1. The molecule has 1 aromatic carbocycles. The van der Waals surface area contributed by atoms with E-state index in [1.165, 1.54) is 11.6 Å². The minimum atomic E-state index is -0.182. The number of rotatable bonds is 4. The van der Waals surface area contributed by atoms with Crippen LogP contribution in [0.1, 0.15) is 18.1 Å². The Morgan fingerprint density at radius 3 is 2.63 bits per heavy atom. The molecule has 0 aliphatic rings. The van der Waals surface area contributed by atoms with E-state index in [2.05, 4.69) is 29.5 Å². The molecule has 98 valence electrons. The average molecular weight is 255 g/mol. The zero-order valence-electron chi connectivity index (χ0n) is 11.1. The molecule has 0 saturated heterocycles. The summed E-state index contributed by atoms with van der Waals surface area (Å²) in [5, 5.41) is 6.78. The highest BCUT2D eigenvalue weighted by Gasteiger charge is 2.00. The van der Waals surface area contributed by atoms with Crippen molar-refractivity contribution in [1.82, 2.24) is 9.78 Å². The van der Waals surface area contributed by atoms with Crippen LogP contribution in [-0.4, -0.2) is 15.7 Å². The van der Waals surface area contributed by atoms with Crippen LogP contribution in [0.25, 0.3) is 6.08 Å². The maximum absolute atomic E-state index is 11.7. The molecule has 0 atom stereocenters. The van der Waals surface area contributed by atoms with Crippen molar-refractivity contribution in [1.29, 1.82) is 0 Å². The molecule has 1 N–H and O–H groups in total. The third-order valence-electron chi connectivity index (χ3n) is 2.78. The molecule has 0 aliphatic heterocycles. The molecule has 4 heteroatoms. The summed E-state index contributed by atoms with van der Waals surface area (Å²) < 4.78 is 1.64. The standard InChI is InChI=1S/C15H17N3O/c1-3-12-4-6-13(7-5-12)8-9-15(19)16-14-10-11-18(2)17-14/h4-11H,3H2,1-2H3,(H,16,17,19). The summed E-state index contributed by atoms with van der Waals surface area (Å²) in [6.07, 6.45) is 6.10. The van der Waals surface area contributed by atoms with Gasteiger partial charge in [0.15, 0.2) is 5.82 Å². The van der Waals surface area contributed by atoms with Crippen LogP contribution in [0.4, 0.5) is 5.82 Å². The van der Waals surface area contributed by atoms with Crippen LogP contribution < -0.4 is 5.32 Å². The zero-order valence-corrected chi connectivity index (χ0v) is 11.1. The van der Waals surface area contributed by atoms with E-state index in [1.54, 1.807) is 30.1 Å². The topological polar surface area (TPSA) is 46.9 Å². The van der Waals surface area contributed by atoms with Gasteiger partial charge in [-0.1, -0.05) is 31.2 Å². The fourth-order valence-electron chi connectivity index (χ4n) is 1.69. The number of aryl methyl sites for hydroxylation is 2. The molecule has 2 rings (SSSR count). The van der Waals surface area contributed by atoms with Gasteiger partial charge in [-0.25, -0.2) is 0 Å². The van der Waals surface area contributed by atoms with Crippen LogP contribution in [0.5, 0.6) is 0 Å². The number of hydrogen-bond acceptors (Lipinski definition) is 2. The van der Waals surface area contributed by atoms with Crippen molar-refractivity contribution in [2.75, 3.05) is 5.32 Å². The number of nitrogens with zero attached hydrogens (tertiary/aromatic N) is 2. The molecule has 1 aromatic heterocycles. The third-order valence-corrected chi connectivity index (χ3v) is 2.78. The van der Waals surface area contributed by atoms with Crippen molar-refractivity contribution in [3.8, 4) is 0 Å². The molecular formula is C15H17N3O. The fourth-order valence-corrected chi connectivity index (χ4v) is 1.69. The number of benzene rings is 1. The quantitative estimate of drug-likeness (QED) is 0.854. The Morgan fingerprint density at radius 2 is 2.05 bits per heavy atom. The largest absolute Gasteiger partial charge is 0.306 e. The van der Waals surface area contributed by atoms with Gasteiger partial charge in [0.2, 0.25) is 5.91 Å². The highest BCUT2D eigenvalue weighted by atomic mass is 16.1. The fraction of sp³-hybridized carbons (Fsp3) is 0.200. The summed E-state index contributed by atoms with van der Waals surface area (Å²) in [7, 11) is 1.81. The van der Waals surface area contributed by atoms with Gasteiger partial charge < -0.3 is 5.32 Å². The van der Waals surface area contributed by atoms with Crippen molar-refractivity contribution in [3.05, 3.63) is 53.7 Å². The van der Waals surface area contributed by atoms with Gasteiger partial charge in [-0.2, -0.15) is 5.10 Å². The van der Waals surface area contributed by atoms with Gasteiger partial charge in [0, 0.05) is 25.4 Å². The van der Waals surface area contributed by atoms with Gasteiger partial charge in [-0.3, -0.25) is 9.48 Å². The van der Waals surface area contributed by atoms with Gasteiger partial charge >= 0.3 is 0 Å². The first-order valence-corrected chi connectivity index (χ1v) is 6.25. The van der Waals surface area contributed by atoms with E-state index in [1.807, 2.05) is 12.1 Å². The Bertz CT molecular complexity index is 582. The zero-order chi connectivity index (χ0) is 13.7. The minimum Gasteiger partial charge on any atom is -0.306 e. The first-order chi connectivity index (χ1) is 9.17. The molecule has 0 bridgehead atoms. The van der Waals surface area contributed by atoms with Crippen LogP contribution in [0.15, 0.2) is 42.6 Å². The van der Waals surface area contributed by atoms with Crippen LogP contribution in [0, 0.1) is 0 Å². The molecule has 0 saturated carbocycles. The Hall–Kier alpha value is -2.36. The molecular weight excluding hydrogens is 238 g/mol. The SMILES string of the molecule is CCc1ccc(C=CC(=O)Nc2ccn(C)n2)cc1. The molecule has 0 unspecified atom stereocenters. The van der Waals surface area contributed by atoms with Crippen molar-refractivity contribution in [3.63, 3.8) is 0 Å². The molecule has 0 radical (unpaired) electrons. The molecule has 0 spiro atoms. The number of anilines is 1. The summed E-state index contributed by atoms with van der Waals surface area (Å²) in [5.74, 6) is 0.372. The smallest absolute Gasteiger partial charge is 0.249 e. The van der Waals surface area contributed by atoms with Crippen molar-refractivity contribution in [2.45, 2.75) is 13.3 Å². The Labute approximate surface area is 112 Å². The lowest BCUT2D eigenvalue weighted by atomic mass is 10.1. The first kappa shape index (κ1) is 13.1. The maximum atomic E-state index is 11.7. The van der Waals surface area contributed by atoms with E-state index in [9.17, 15) is 4.79 Å². The predicted molar refractivity (Wildman–Crippen MR) is 76.7 cm³/mol. The number of carbonyl (C=O) groups excluding carboxylic acids is 1. The van der Waals surface area contributed by atoms with E-state index < -0.39 is 0 Å². The molecule has 0 aliphatic carbocycles. The Kier molecular flexibility index (Phi) is 4.13. The van der Waals surface area contributed by atoms with Gasteiger partial charge in [0.1, 0.15) is 0 Å². The minimum absolute atomic E-state index is 0.182. The number of carbonyl (C=O) groups is 1. The molecule has 2 aromatic rings. The van der Waals surface area contributed by atoms with Crippen LogP contribution in [0.2, 0.25) is 0 Å². The monoisotopic (exact) mass is 255 g/mol. The number of nitrogens with one attached hydrogen (secondary N) is 1. The van der Waals surface area contributed by atoms with E-state index in [-0.39, 0.29) is 5.91 Å². The molecule has 1 heterocycles. The van der Waals surface area contributed by atoms with Gasteiger partial charge in [-0.05, 0) is 23.6 Å². The Morgan fingerprint density at radius 1 is 1.32 bits per heavy atom. The molecule has 0 fully saturated rings. The van der Waals surface area contributed by atoms with Crippen LogP contribution in [0.3, 0.4) is 0 Å². The normalized spacial score (nSPS) is 10.8. The second-order valence-electron chi connectivity index (χ2n) is 4.29. The van der Waals surface area contributed by atoms with Crippen LogP contribution in [-0.2, 0) is 18.3 Å². The van der Waals surface area contributed by atoms with Crippen LogP contribution >= 0.6 is 0 Å². The number of amides is 1. The lowest BCUT2D eigenvalue weighted by molar-refractivity contribution is -0.111.